The summed E-state index contributed by atoms with van der Waals surface area (Å²) in [6.45, 7) is 11.3. The molecule has 0 aliphatic carbocycles. The number of H-pyrrole nitrogens is 1. The fourth-order valence-electron chi connectivity index (χ4n) is 4.85. The minimum absolute atomic E-state index is 0.147. The highest BCUT2D eigenvalue weighted by Crippen LogP contribution is 2.22. The van der Waals surface area contributed by atoms with Crippen molar-refractivity contribution in [2.24, 2.45) is 0 Å². The van der Waals surface area contributed by atoms with Gasteiger partial charge in [-0.1, -0.05) is 23.7 Å². The van der Waals surface area contributed by atoms with Gasteiger partial charge >= 0.3 is 12.1 Å². The number of ether oxygens (including phenoxy) is 1. The Labute approximate surface area is 266 Å². The molecule has 1 aliphatic rings. The lowest BCUT2D eigenvalue weighted by molar-refractivity contribution is 0.0280. The molecule has 2 aromatic carbocycles. The van der Waals surface area contributed by atoms with Crippen molar-refractivity contribution in [3.05, 3.63) is 74.5 Å². The number of carbonyl (C=O) groups excluding carboxylic acids is 4. The molecule has 13 heteroatoms. The molecule has 0 bridgehead atoms. The third-order valence-corrected chi connectivity index (χ3v) is 6.90. The van der Waals surface area contributed by atoms with Crippen molar-refractivity contribution in [1.82, 2.24) is 25.6 Å². The van der Waals surface area contributed by atoms with Gasteiger partial charge in [0.05, 0.1) is 12.1 Å². The SMILES string of the molecule is CC(C)(C)NC(=O)Nc1cccc(CN(NC(=O)OC(C)(C)C)C(=O)c2c(C(=O)N3CCCC3)[nH]c3cc(Cl)ccc3c2=O)c1. The fraction of sp³-hybridized carbons (Fsp3) is 0.406. The van der Waals surface area contributed by atoms with E-state index in [9.17, 15) is 24.0 Å². The normalized spacial score (nSPS) is 13.4. The lowest BCUT2D eigenvalue weighted by Crippen LogP contribution is -2.49. The Bertz CT molecular complexity index is 1680. The Hall–Kier alpha value is -4.58. The maximum Gasteiger partial charge on any atom is 0.426 e. The number of nitrogens with zero attached hydrogens (tertiary/aromatic N) is 2. The first kappa shape index (κ1) is 33.3. The van der Waals surface area contributed by atoms with E-state index in [0.717, 1.165) is 17.9 Å². The summed E-state index contributed by atoms with van der Waals surface area (Å²) in [6, 6.07) is 10.7. The van der Waals surface area contributed by atoms with Gasteiger partial charge in [0, 0.05) is 34.7 Å². The number of carbonyl (C=O) groups is 4. The minimum atomic E-state index is -0.939. The molecule has 3 aromatic rings. The molecule has 0 atom stereocenters. The van der Waals surface area contributed by atoms with Crippen molar-refractivity contribution >= 4 is 52.1 Å². The van der Waals surface area contributed by atoms with Crippen LogP contribution in [0.1, 0.15) is 80.8 Å². The van der Waals surface area contributed by atoms with E-state index in [-0.39, 0.29) is 17.6 Å². The lowest BCUT2D eigenvalue weighted by atomic mass is 10.1. The van der Waals surface area contributed by atoms with Crippen LogP contribution in [0.2, 0.25) is 5.02 Å². The standard InChI is InChI=1S/C32H39ClN6O6/c1-31(2,3)36-29(43)34-21-11-9-10-19(16-21)18-39(37-30(44)45-32(4,5)6)27(41)24-25(28(42)38-14-7-8-15-38)35-23-17-20(33)12-13-22(23)26(24)40/h9-13,16-17H,7-8,14-15,18H2,1-6H3,(H,35,40)(H,37,44)(H2,34,36,43). The average Bonchev–Trinajstić information content (AvgIpc) is 3.45. The molecule has 0 unspecified atom stereocenters. The molecule has 1 aliphatic heterocycles. The van der Waals surface area contributed by atoms with Crippen LogP contribution in [0.4, 0.5) is 15.3 Å². The van der Waals surface area contributed by atoms with Gasteiger partial charge in [0.1, 0.15) is 16.9 Å². The van der Waals surface area contributed by atoms with Gasteiger partial charge in [-0.15, -0.1) is 0 Å². The van der Waals surface area contributed by atoms with Crippen molar-refractivity contribution in [3.63, 3.8) is 0 Å². The van der Waals surface area contributed by atoms with Crippen LogP contribution in [0, 0.1) is 0 Å². The summed E-state index contributed by atoms with van der Waals surface area (Å²) in [7, 11) is 0. The van der Waals surface area contributed by atoms with Gasteiger partial charge in [0.25, 0.3) is 11.8 Å². The molecule has 45 heavy (non-hydrogen) atoms. The summed E-state index contributed by atoms with van der Waals surface area (Å²) in [6.07, 6.45) is 0.651. The van der Waals surface area contributed by atoms with E-state index in [1.807, 2.05) is 20.8 Å². The predicted molar refractivity (Wildman–Crippen MR) is 172 cm³/mol. The van der Waals surface area contributed by atoms with E-state index in [0.29, 0.717) is 34.9 Å². The zero-order chi connectivity index (χ0) is 33.1. The summed E-state index contributed by atoms with van der Waals surface area (Å²) < 4.78 is 5.40. The fourth-order valence-corrected chi connectivity index (χ4v) is 5.02. The second-order valence-electron chi connectivity index (χ2n) is 12.9. The van der Waals surface area contributed by atoms with Gasteiger partial charge in [-0.2, -0.15) is 0 Å². The number of hydrogen-bond acceptors (Lipinski definition) is 6. The highest BCUT2D eigenvalue weighted by Gasteiger charge is 2.32. The highest BCUT2D eigenvalue weighted by molar-refractivity contribution is 6.31. The zero-order valence-electron chi connectivity index (χ0n) is 26.3. The number of nitrogens with one attached hydrogen (secondary N) is 4. The number of hydrogen-bond donors (Lipinski definition) is 4. The Morgan fingerprint density at radius 2 is 1.69 bits per heavy atom. The minimum Gasteiger partial charge on any atom is -0.443 e. The number of aromatic nitrogens is 1. The van der Waals surface area contributed by atoms with Crippen LogP contribution >= 0.6 is 11.6 Å². The van der Waals surface area contributed by atoms with Crippen molar-refractivity contribution in [1.29, 1.82) is 0 Å². The first-order valence-electron chi connectivity index (χ1n) is 14.7. The Morgan fingerprint density at radius 1 is 1.00 bits per heavy atom. The summed E-state index contributed by atoms with van der Waals surface area (Å²) >= 11 is 6.17. The average molecular weight is 639 g/mol. The Balaban J connectivity index is 1.77. The number of aromatic amines is 1. The van der Waals surface area contributed by atoms with Crippen molar-refractivity contribution in [2.45, 2.75) is 72.1 Å². The number of likely N-dealkylation sites (tertiary alicyclic amines) is 1. The maximum absolute atomic E-state index is 14.3. The smallest absolute Gasteiger partial charge is 0.426 e. The monoisotopic (exact) mass is 638 g/mol. The summed E-state index contributed by atoms with van der Waals surface area (Å²) in [5.41, 5.74) is 1.00. The molecule has 0 radical (unpaired) electrons. The molecular weight excluding hydrogens is 600 g/mol. The quantitative estimate of drug-likeness (QED) is 0.274. The van der Waals surface area contributed by atoms with E-state index >= 15 is 0 Å². The number of amides is 5. The van der Waals surface area contributed by atoms with Gasteiger partial charge in [-0.25, -0.2) is 20.0 Å². The number of rotatable bonds is 5. The molecule has 5 amide bonds. The highest BCUT2D eigenvalue weighted by atomic mass is 35.5. The number of hydrazine groups is 1. The third kappa shape index (κ3) is 8.75. The Kier molecular flexibility index (Phi) is 9.76. The molecule has 1 saturated heterocycles. The van der Waals surface area contributed by atoms with Crippen LogP contribution in [0.15, 0.2) is 47.3 Å². The molecular formula is C32H39ClN6O6. The van der Waals surface area contributed by atoms with Crippen LogP contribution in [0.25, 0.3) is 10.9 Å². The zero-order valence-corrected chi connectivity index (χ0v) is 27.1. The number of anilines is 1. The van der Waals surface area contributed by atoms with Gasteiger partial charge in [-0.3, -0.25) is 14.4 Å². The molecule has 4 N–H and O–H groups in total. The molecule has 0 saturated carbocycles. The second kappa shape index (κ2) is 13.2. The number of benzene rings is 2. The van der Waals surface area contributed by atoms with Crippen LogP contribution in [0.3, 0.4) is 0 Å². The van der Waals surface area contributed by atoms with Crippen molar-refractivity contribution < 1.29 is 23.9 Å². The molecule has 1 fully saturated rings. The van der Waals surface area contributed by atoms with E-state index in [1.54, 1.807) is 49.9 Å². The van der Waals surface area contributed by atoms with Gasteiger partial charge in [-0.05, 0) is 90.3 Å². The largest absolute Gasteiger partial charge is 0.443 e. The van der Waals surface area contributed by atoms with Crippen LogP contribution in [-0.4, -0.2) is 63.1 Å². The molecule has 2 heterocycles. The molecule has 0 spiro atoms. The number of fused-ring (bicyclic) bond motifs is 1. The molecule has 1 aromatic heterocycles. The third-order valence-electron chi connectivity index (χ3n) is 6.67. The van der Waals surface area contributed by atoms with E-state index in [4.69, 9.17) is 16.3 Å². The number of pyridine rings is 1. The second-order valence-corrected chi connectivity index (χ2v) is 13.4. The van der Waals surface area contributed by atoms with E-state index in [2.05, 4.69) is 21.0 Å². The molecule has 12 nitrogen and oxygen atoms in total. The predicted octanol–water partition coefficient (Wildman–Crippen LogP) is 5.42. The summed E-state index contributed by atoms with van der Waals surface area (Å²) in [4.78, 5) is 71.8. The Morgan fingerprint density at radius 3 is 2.33 bits per heavy atom. The van der Waals surface area contributed by atoms with Crippen molar-refractivity contribution in [2.75, 3.05) is 18.4 Å². The lowest BCUT2D eigenvalue weighted by Gasteiger charge is -2.27. The van der Waals surface area contributed by atoms with Crippen LogP contribution in [-0.2, 0) is 11.3 Å². The number of urea groups is 1. The summed E-state index contributed by atoms with van der Waals surface area (Å²) in [5.74, 6) is -1.44. The molecule has 4 rings (SSSR count). The van der Waals surface area contributed by atoms with Gasteiger partial charge in [0.15, 0.2) is 0 Å². The van der Waals surface area contributed by atoms with Crippen LogP contribution in [0.5, 0.6) is 0 Å². The van der Waals surface area contributed by atoms with E-state index < -0.39 is 46.1 Å². The topological polar surface area (TPSA) is 153 Å². The first-order valence-corrected chi connectivity index (χ1v) is 15.0. The number of halogens is 1. The molecule has 240 valence electrons. The van der Waals surface area contributed by atoms with E-state index in [1.165, 1.54) is 18.2 Å². The van der Waals surface area contributed by atoms with Gasteiger partial charge < -0.3 is 25.3 Å². The van der Waals surface area contributed by atoms with Crippen LogP contribution < -0.4 is 21.5 Å². The maximum atomic E-state index is 14.3. The first-order chi connectivity index (χ1) is 21.0. The summed E-state index contributed by atoms with van der Waals surface area (Å²) in [5, 5.41) is 6.98. The van der Waals surface area contributed by atoms with Crippen molar-refractivity contribution in [3.8, 4) is 0 Å². The van der Waals surface area contributed by atoms with Gasteiger partial charge in [0.2, 0.25) is 5.43 Å².